The molecule has 6 nitrogen and oxygen atoms in total. The van der Waals surface area contributed by atoms with Crippen LogP contribution < -0.4 is 15.5 Å². The smallest absolute Gasteiger partial charge is 0.414 e. The molecule has 2 aliphatic rings. The molecule has 0 bridgehead atoms. The maximum absolute atomic E-state index is 14.3. The van der Waals surface area contributed by atoms with Crippen LogP contribution in [-0.2, 0) is 9.47 Å². The number of hydrogen-bond acceptors (Lipinski definition) is 4. The Hall–Kier alpha value is -1.86. The van der Waals surface area contributed by atoms with E-state index >= 15 is 0 Å². The predicted octanol–water partition coefficient (Wildman–Crippen LogP) is 1.06. The highest BCUT2D eigenvalue weighted by Crippen LogP contribution is 2.35. The summed E-state index contributed by atoms with van der Waals surface area (Å²) in [6, 6.07) is 4.63. The van der Waals surface area contributed by atoms with E-state index < -0.39 is 12.2 Å². The molecule has 2 saturated heterocycles. The Morgan fingerprint density at radius 2 is 2.10 bits per heavy atom. The largest absolute Gasteiger partial charge is 0.442 e. The molecule has 1 amide bonds. The summed E-state index contributed by atoms with van der Waals surface area (Å²) in [6.45, 7) is 2.16. The molecule has 0 N–H and O–H groups in total. The topological polar surface area (TPSA) is 64.3 Å². The average Bonchev–Trinajstić information content (AvgIpc) is 2.89. The minimum absolute atomic E-state index is 0.218. The molecule has 0 unspecified atom stereocenters. The molecule has 0 spiro atoms. The first-order valence-corrected chi connectivity index (χ1v) is 6.91. The number of para-hydroxylation sites is 1. The highest BCUT2D eigenvalue weighted by Gasteiger charge is 2.34. The van der Waals surface area contributed by atoms with Crippen molar-refractivity contribution in [2.45, 2.75) is 6.10 Å². The maximum Gasteiger partial charge on any atom is 0.414 e. The first kappa shape index (κ1) is 14.1. The van der Waals surface area contributed by atoms with Crippen molar-refractivity contribution in [3.63, 3.8) is 0 Å². The third kappa shape index (κ3) is 2.66. The fraction of sp³-hybridized carbons (Fsp3) is 0.500. The van der Waals surface area contributed by atoms with Gasteiger partial charge < -0.3 is 14.4 Å². The Bertz CT molecular complexity index is 534. The molecule has 0 aromatic heterocycles. The molecule has 0 saturated carbocycles. The molecular formula is C14H16FN3O3. The predicted molar refractivity (Wildman–Crippen MR) is 74.0 cm³/mol. The zero-order chi connectivity index (χ0) is 14.8. The summed E-state index contributed by atoms with van der Waals surface area (Å²) in [5, 5.41) is 0. The van der Waals surface area contributed by atoms with Gasteiger partial charge >= 0.3 is 6.09 Å². The lowest BCUT2D eigenvalue weighted by Crippen LogP contribution is -2.38. The number of ether oxygens (including phenoxy) is 2. The Kier molecular flexibility index (Phi) is 3.94. The van der Waals surface area contributed by atoms with Crippen LogP contribution in [0.5, 0.6) is 0 Å². The Morgan fingerprint density at radius 3 is 2.76 bits per heavy atom. The molecule has 1 atom stereocenters. The van der Waals surface area contributed by atoms with Crippen LogP contribution in [0.2, 0.25) is 0 Å². The Labute approximate surface area is 122 Å². The lowest BCUT2D eigenvalue weighted by atomic mass is 10.2. The number of benzene rings is 1. The van der Waals surface area contributed by atoms with Crippen molar-refractivity contribution in [1.29, 1.82) is 0 Å². The number of hydrogen-bond donors (Lipinski definition) is 0. The van der Waals surface area contributed by atoms with E-state index in [1.165, 1.54) is 11.0 Å². The van der Waals surface area contributed by atoms with Gasteiger partial charge in [-0.2, -0.15) is 0 Å². The molecule has 2 radical (unpaired) electrons. The van der Waals surface area contributed by atoms with E-state index in [-0.39, 0.29) is 18.9 Å². The van der Waals surface area contributed by atoms with E-state index in [9.17, 15) is 9.18 Å². The summed E-state index contributed by atoms with van der Waals surface area (Å²) >= 11 is 0. The molecule has 21 heavy (non-hydrogen) atoms. The zero-order valence-electron chi connectivity index (χ0n) is 11.5. The van der Waals surface area contributed by atoms with Crippen molar-refractivity contribution >= 4 is 17.5 Å². The van der Waals surface area contributed by atoms with Gasteiger partial charge in [0.1, 0.15) is 11.9 Å². The van der Waals surface area contributed by atoms with Crippen molar-refractivity contribution in [3.8, 4) is 0 Å². The van der Waals surface area contributed by atoms with E-state index in [1.807, 2.05) is 4.90 Å². The van der Waals surface area contributed by atoms with Crippen molar-refractivity contribution in [2.24, 2.45) is 0 Å². The van der Waals surface area contributed by atoms with Crippen LogP contribution in [0.25, 0.3) is 0 Å². The number of carbonyl (C=O) groups is 1. The van der Waals surface area contributed by atoms with Crippen LogP contribution >= 0.6 is 0 Å². The molecule has 2 heterocycles. The third-order valence-electron chi connectivity index (χ3n) is 3.66. The number of anilines is 2. The van der Waals surface area contributed by atoms with E-state index in [4.69, 9.17) is 15.2 Å². The normalized spacial score (nSPS) is 22.6. The van der Waals surface area contributed by atoms with Gasteiger partial charge in [-0.15, -0.1) is 5.73 Å². The van der Waals surface area contributed by atoms with Gasteiger partial charge in [0, 0.05) is 13.1 Å². The summed E-state index contributed by atoms with van der Waals surface area (Å²) in [5.74, 6) is -0.380. The summed E-state index contributed by atoms with van der Waals surface area (Å²) < 4.78 is 24.6. The number of halogens is 1. The second-order valence-electron chi connectivity index (χ2n) is 5.01. The molecule has 2 aliphatic heterocycles. The van der Waals surface area contributed by atoms with Crippen molar-refractivity contribution in [1.82, 2.24) is 5.73 Å². The second-order valence-corrected chi connectivity index (χ2v) is 5.01. The van der Waals surface area contributed by atoms with Crippen molar-refractivity contribution in [2.75, 3.05) is 49.2 Å². The standard InChI is InChI=1S/C14H16FN3O3/c15-11-2-1-3-12(13(11)17-4-6-20-7-5-17)18-9-10(8-16)21-14(18)19/h1-3,10H,4-9H2/t10-/m0/s1. The van der Waals surface area contributed by atoms with Crippen LogP contribution in [-0.4, -0.2) is 51.6 Å². The lowest BCUT2D eigenvalue weighted by Gasteiger charge is -2.32. The van der Waals surface area contributed by atoms with Crippen molar-refractivity contribution in [3.05, 3.63) is 24.0 Å². The van der Waals surface area contributed by atoms with Crippen LogP contribution in [0.3, 0.4) is 0 Å². The second kappa shape index (κ2) is 5.87. The Morgan fingerprint density at radius 1 is 1.33 bits per heavy atom. The molecule has 3 rings (SSSR count). The van der Waals surface area contributed by atoms with E-state index in [2.05, 4.69) is 0 Å². The fourth-order valence-electron chi connectivity index (χ4n) is 2.64. The first-order valence-electron chi connectivity index (χ1n) is 6.91. The lowest BCUT2D eigenvalue weighted by molar-refractivity contribution is 0.122. The summed E-state index contributed by atoms with van der Waals surface area (Å²) in [4.78, 5) is 15.2. The number of morpholine rings is 1. The third-order valence-corrected chi connectivity index (χ3v) is 3.66. The van der Waals surface area contributed by atoms with Gasteiger partial charge in [-0.05, 0) is 12.1 Å². The number of cyclic esters (lactones) is 1. The van der Waals surface area contributed by atoms with Crippen LogP contribution in [0, 0.1) is 5.82 Å². The van der Waals surface area contributed by atoms with E-state index in [0.717, 1.165) is 0 Å². The molecule has 0 aliphatic carbocycles. The number of nitrogens with zero attached hydrogens (tertiary/aromatic N) is 3. The Balaban J connectivity index is 1.95. The number of rotatable bonds is 3. The fourth-order valence-corrected chi connectivity index (χ4v) is 2.64. The van der Waals surface area contributed by atoms with Gasteiger partial charge in [-0.3, -0.25) is 4.90 Å². The first-order chi connectivity index (χ1) is 10.2. The highest BCUT2D eigenvalue weighted by molar-refractivity contribution is 5.94. The van der Waals surface area contributed by atoms with Gasteiger partial charge in [0.2, 0.25) is 0 Å². The average molecular weight is 293 g/mol. The minimum Gasteiger partial charge on any atom is -0.442 e. The van der Waals surface area contributed by atoms with Gasteiger partial charge in [0.05, 0.1) is 37.7 Å². The summed E-state index contributed by atoms with van der Waals surface area (Å²) in [7, 11) is 0. The molecule has 1 aromatic rings. The number of amides is 1. The number of carbonyl (C=O) groups excluding carboxylic acids is 1. The zero-order valence-corrected chi connectivity index (χ0v) is 11.5. The molecule has 7 heteroatoms. The molecular weight excluding hydrogens is 277 g/mol. The molecule has 2 fully saturated rings. The molecule has 1 aromatic carbocycles. The summed E-state index contributed by atoms with van der Waals surface area (Å²) in [5.41, 5.74) is 9.97. The van der Waals surface area contributed by atoms with Gasteiger partial charge in [0.25, 0.3) is 0 Å². The van der Waals surface area contributed by atoms with Crippen LogP contribution in [0.1, 0.15) is 0 Å². The highest BCUT2D eigenvalue weighted by atomic mass is 19.1. The quantitative estimate of drug-likeness (QED) is 0.836. The van der Waals surface area contributed by atoms with E-state index in [0.29, 0.717) is 37.7 Å². The van der Waals surface area contributed by atoms with Gasteiger partial charge in [-0.25, -0.2) is 9.18 Å². The van der Waals surface area contributed by atoms with Crippen LogP contribution in [0.15, 0.2) is 18.2 Å². The van der Waals surface area contributed by atoms with Crippen LogP contribution in [0.4, 0.5) is 20.6 Å². The summed E-state index contributed by atoms with van der Waals surface area (Å²) in [6.07, 6.45) is -1.13. The van der Waals surface area contributed by atoms with Gasteiger partial charge in [0.15, 0.2) is 0 Å². The van der Waals surface area contributed by atoms with Crippen molar-refractivity contribution < 1.29 is 18.7 Å². The van der Waals surface area contributed by atoms with E-state index in [1.54, 1.807) is 12.1 Å². The maximum atomic E-state index is 14.3. The molecule has 112 valence electrons. The SMILES string of the molecule is [N]C[C@H]1CN(c2cccc(F)c2N2CCOCC2)C(=O)O1. The monoisotopic (exact) mass is 293 g/mol. The minimum atomic E-state index is -0.571. The van der Waals surface area contributed by atoms with Gasteiger partial charge in [-0.1, -0.05) is 6.07 Å².